The van der Waals surface area contributed by atoms with E-state index in [4.69, 9.17) is 0 Å². The molecule has 0 aromatic rings. The van der Waals surface area contributed by atoms with Crippen LogP contribution >= 0.6 is 0 Å². The van der Waals surface area contributed by atoms with Gasteiger partial charge in [-0.2, -0.15) is 0 Å². The normalized spacial score (nSPS) is 31.7. The van der Waals surface area contributed by atoms with Crippen LogP contribution in [0.2, 0.25) is 0 Å². The van der Waals surface area contributed by atoms with Crippen LogP contribution in [0.1, 0.15) is 52.4 Å². The molecule has 2 aliphatic carbocycles. The highest BCUT2D eigenvalue weighted by atomic mass is 16.2. The van der Waals surface area contributed by atoms with E-state index in [1.807, 2.05) is 0 Å². The quantitative estimate of drug-likeness (QED) is 0.761. The zero-order chi connectivity index (χ0) is 10.8. The second kappa shape index (κ2) is 4.54. The van der Waals surface area contributed by atoms with Crippen molar-refractivity contribution in [2.24, 2.45) is 17.8 Å². The predicted molar refractivity (Wildman–Crippen MR) is 61.5 cm³/mol. The molecule has 2 rings (SSSR count). The van der Waals surface area contributed by atoms with Gasteiger partial charge >= 0.3 is 0 Å². The molecule has 0 aromatic heterocycles. The first-order valence-electron chi connectivity index (χ1n) is 6.49. The lowest BCUT2D eigenvalue weighted by atomic mass is 9.78. The van der Waals surface area contributed by atoms with E-state index in [-0.39, 0.29) is 0 Å². The summed E-state index contributed by atoms with van der Waals surface area (Å²) in [7, 11) is 0. The minimum atomic E-state index is 0.326. The Bertz CT molecular complexity index is 233. The third-order valence-electron chi connectivity index (χ3n) is 3.95. The van der Waals surface area contributed by atoms with Crippen LogP contribution in [0.15, 0.2) is 0 Å². The van der Waals surface area contributed by atoms with E-state index < -0.39 is 0 Å². The Morgan fingerprint density at radius 1 is 1.13 bits per heavy atom. The smallest absolute Gasteiger partial charge is 0.223 e. The lowest BCUT2D eigenvalue weighted by Gasteiger charge is -2.35. The van der Waals surface area contributed by atoms with Gasteiger partial charge in [-0.3, -0.25) is 4.79 Å². The minimum Gasteiger partial charge on any atom is -0.353 e. The Labute approximate surface area is 92.8 Å². The van der Waals surface area contributed by atoms with Crippen molar-refractivity contribution in [3.05, 3.63) is 0 Å². The second-order valence-corrected chi connectivity index (χ2v) is 5.58. The molecule has 0 aliphatic heterocycles. The fraction of sp³-hybridized carbons (Fsp3) is 0.923. The van der Waals surface area contributed by atoms with E-state index in [0.717, 1.165) is 12.8 Å². The summed E-state index contributed by atoms with van der Waals surface area (Å²) < 4.78 is 0. The van der Waals surface area contributed by atoms with Crippen LogP contribution in [-0.2, 0) is 4.79 Å². The number of rotatable bonds is 3. The van der Waals surface area contributed by atoms with Gasteiger partial charge < -0.3 is 5.32 Å². The highest BCUT2D eigenvalue weighted by Gasteiger charge is 2.34. The Hall–Kier alpha value is -0.530. The number of hydrogen-bond donors (Lipinski definition) is 1. The number of hydrogen-bond acceptors (Lipinski definition) is 1. The van der Waals surface area contributed by atoms with Crippen molar-refractivity contribution >= 4 is 5.91 Å². The van der Waals surface area contributed by atoms with Crippen molar-refractivity contribution in [1.82, 2.24) is 5.32 Å². The average molecular weight is 209 g/mol. The second-order valence-electron chi connectivity index (χ2n) is 5.58. The van der Waals surface area contributed by atoms with Crippen molar-refractivity contribution < 1.29 is 4.79 Å². The Morgan fingerprint density at radius 2 is 1.80 bits per heavy atom. The predicted octanol–water partition coefficient (Wildman–Crippen LogP) is 2.73. The summed E-state index contributed by atoms with van der Waals surface area (Å²) in [4.78, 5) is 11.7. The highest BCUT2D eigenvalue weighted by Crippen LogP contribution is 2.33. The largest absolute Gasteiger partial charge is 0.353 e. The molecule has 86 valence electrons. The molecule has 0 aromatic carbocycles. The zero-order valence-corrected chi connectivity index (χ0v) is 9.96. The van der Waals surface area contributed by atoms with Crippen molar-refractivity contribution in [1.29, 1.82) is 0 Å². The Kier molecular flexibility index (Phi) is 3.32. The van der Waals surface area contributed by atoms with Gasteiger partial charge in [-0.05, 0) is 37.5 Å². The van der Waals surface area contributed by atoms with Crippen molar-refractivity contribution in [2.45, 2.75) is 58.4 Å². The summed E-state index contributed by atoms with van der Waals surface area (Å²) in [5, 5.41) is 3.27. The third kappa shape index (κ3) is 2.73. The SMILES string of the molecule is CC(C)[C@H]1CCCC[C@H]1NC(=O)C1CC1. The van der Waals surface area contributed by atoms with Crippen LogP contribution in [0.5, 0.6) is 0 Å². The summed E-state index contributed by atoms with van der Waals surface area (Å²) in [5.74, 6) is 2.10. The van der Waals surface area contributed by atoms with E-state index in [9.17, 15) is 4.79 Å². The van der Waals surface area contributed by atoms with Crippen molar-refractivity contribution in [3.63, 3.8) is 0 Å². The summed E-state index contributed by atoms with van der Waals surface area (Å²) in [6.07, 6.45) is 7.36. The number of carbonyl (C=O) groups is 1. The van der Waals surface area contributed by atoms with Gasteiger partial charge in [0.2, 0.25) is 5.91 Å². The monoisotopic (exact) mass is 209 g/mol. The molecule has 2 aliphatic rings. The molecular weight excluding hydrogens is 186 g/mol. The van der Waals surface area contributed by atoms with E-state index in [2.05, 4.69) is 19.2 Å². The fourth-order valence-corrected chi connectivity index (χ4v) is 2.78. The lowest BCUT2D eigenvalue weighted by Crippen LogP contribution is -2.44. The minimum absolute atomic E-state index is 0.326. The van der Waals surface area contributed by atoms with Gasteiger partial charge in [0.15, 0.2) is 0 Å². The summed E-state index contributed by atoms with van der Waals surface area (Å²) in [6.45, 7) is 4.57. The molecule has 1 amide bonds. The standard InChI is InChI=1S/C13H23NO/c1-9(2)11-5-3-4-6-12(11)14-13(15)10-7-8-10/h9-12H,3-8H2,1-2H3,(H,14,15)/t11-,12-/m1/s1. The first kappa shape index (κ1) is 11.0. The Balaban J connectivity index is 1.88. The van der Waals surface area contributed by atoms with Gasteiger partial charge in [0.05, 0.1) is 0 Å². The molecule has 0 unspecified atom stereocenters. The van der Waals surface area contributed by atoms with Crippen LogP contribution in [-0.4, -0.2) is 11.9 Å². The highest BCUT2D eigenvalue weighted by molar-refractivity contribution is 5.81. The van der Waals surface area contributed by atoms with E-state index in [1.165, 1.54) is 25.7 Å². The Morgan fingerprint density at radius 3 is 2.40 bits per heavy atom. The molecule has 15 heavy (non-hydrogen) atoms. The van der Waals surface area contributed by atoms with E-state index >= 15 is 0 Å². The molecule has 2 fully saturated rings. The molecule has 2 atom stereocenters. The lowest BCUT2D eigenvalue weighted by molar-refractivity contribution is -0.123. The van der Waals surface area contributed by atoms with Crippen LogP contribution in [0.4, 0.5) is 0 Å². The van der Waals surface area contributed by atoms with Crippen LogP contribution in [0, 0.1) is 17.8 Å². The van der Waals surface area contributed by atoms with Gasteiger partial charge in [0.1, 0.15) is 0 Å². The van der Waals surface area contributed by atoms with E-state index in [1.54, 1.807) is 0 Å². The van der Waals surface area contributed by atoms with Gasteiger partial charge in [-0.15, -0.1) is 0 Å². The molecule has 0 saturated heterocycles. The van der Waals surface area contributed by atoms with Gasteiger partial charge in [0, 0.05) is 12.0 Å². The molecule has 0 heterocycles. The summed E-state index contributed by atoms with van der Waals surface area (Å²) >= 11 is 0. The maximum absolute atomic E-state index is 11.7. The van der Waals surface area contributed by atoms with Gasteiger partial charge in [-0.1, -0.05) is 26.7 Å². The van der Waals surface area contributed by atoms with Crippen LogP contribution in [0.25, 0.3) is 0 Å². The molecule has 0 spiro atoms. The average Bonchev–Trinajstić information content (AvgIpc) is 3.01. The van der Waals surface area contributed by atoms with Crippen molar-refractivity contribution in [2.75, 3.05) is 0 Å². The summed E-state index contributed by atoms with van der Waals surface area (Å²) in [5.41, 5.74) is 0. The molecule has 0 radical (unpaired) electrons. The molecular formula is C13H23NO. The number of nitrogens with one attached hydrogen (secondary N) is 1. The molecule has 2 nitrogen and oxygen atoms in total. The summed E-state index contributed by atoms with van der Waals surface area (Å²) in [6, 6.07) is 0.465. The molecule has 2 heteroatoms. The van der Waals surface area contributed by atoms with Crippen molar-refractivity contribution in [3.8, 4) is 0 Å². The van der Waals surface area contributed by atoms with Gasteiger partial charge in [-0.25, -0.2) is 0 Å². The molecule has 0 bridgehead atoms. The maximum atomic E-state index is 11.7. The fourth-order valence-electron chi connectivity index (χ4n) is 2.78. The first-order chi connectivity index (χ1) is 7.18. The maximum Gasteiger partial charge on any atom is 0.223 e. The third-order valence-corrected chi connectivity index (χ3v) is 3.95. The molecule has 2 saturated carbocycles. The van der Waals surface area contributed by atoms with E-state index in [0.29, 0.717) is 29.7 Å². The van der Waals surface area contributed by atoms with Gasteiger partial charge in [0.25, 0.3) is 0 Å². The molecule has 1 N–H and O–H groups in total. The number of amides is 1. The number of carbonyl (C=O) groups excluding carboxylic acids is 1. The topological polar surface area (TPSA) is 29.1 Å². The van der Waals surface area contributed by atoms with Crippen LogP contribution in [0.3, 0.4) is 0 Å². The first-order valence-corrected chi connectivity index (χ1v) is 6.49. The van der Waals surface area contributed by atoms with Crippen LogP contribution < -0.4 is 5.32 Å². The zero-order valence-electron chi connectivity index (χ0n) is 9.96.